The number of carboxylic acids is 1. The monoisotopic (exact) mass is 331 g/mol. The molecular formula is C17H21N3O4. The maximum absolute atomic E-state index is 12.2. The van der Waals surface area contributed by atoms with Crippen LogP contribution in [0.25, 0.3) is 5.69 Å². The third-order valence-corrected chi connectivity index (χ3v) is 3.57. The second-order valence-electron chi connectivity index (χ2n) is 6.17. The van der Waals surface area contributed by atoms with Gasteiger partial charge in [0.2, 0.25) is 0 Å². The number of nitrogens with zero attached hydrogens (tertiary/aromatic N) is 1. The number of nitrogens with one attached hydrogen (secondary N) is 2. The molecule has 1 heterocycles. The van der Waals surface area contributed by atoms with Crippen LogP contribution in [-0.4, -0.2) is 32.8 Å². The second-order valence-corrected chi connectivity index (χ2v) is 6.17. The third-order valence-electron chi connectivity index (χ3n) is 3.57. The summed E-state index contributed by atoms with van der Waals surface area (Å²) in [5, 5.41) is 14.3. The van der Waals surface area contributed by atoms with Crippen LogP contribution >= 0.6 is 0 Å². The lowest BCUT2D eigenvalue weighted by Gasteiger charge is -2.15. The molecule has 1 amide bonds. The standard InChI is InChI=1S/C17H21N3O4/c1-10(2)8-14(17(23)24)18-16(22)13-9-15(21)20(19-13)12-6-4-11(3)5-7-12/h4-7,9-10,14,19H,8H2,1-3H3,(H,18,22)(H,23,24)/t14-/m1/s1. The Labute approximate surface area is 139 Å². The topological polar surface area (TPSA) is 104 Å². The molecule has 3 N–H and O–H groups in total. The average Bonchev–Trinajstić information content (AvgIpc) is 2.89. The fourth-order valence-corrected chi connectivity index (χ4v) is 2.33. The Hall–Kier alpha value is -2.83. The number of rotatable bonds is 6. The summed E-state index contributed by atoms with van der Waals surface area (Å²) in [5.74, 6) is -1.61. The number of hydrogen-bond acceptors (Lipinski definition) is 3. The molecule has 0 saturated heterocycles. The molecule has 0 fully saturated rings. The lowest BCUT2D eigenvalue weighted by Crippen LogP contribution is -2.41. The highest BCUT2D eigenvalue weighted by Gasteiger charge is 2.23. The molecule has 0 bridgehead atoms. The van der Waals surface area contributed by atoms with Crippen LogP contribution in [0, 0.1) is 12.8 Å². The quantitative estimate of drug-likeness (QED) is 0.749. The summed E-state index contributed by atoms with van der Waals surface area (Å²) < 4.78 is 1.24. The van der Waals surface area contributed by atoms with E-state index in [1.165, 1.54) is 4.68 Å². The van der Waals surface area contributed by atoms with Crippen molar-refractivity contribution in [2.24, 2.45) is 5.92 Å². The first-order valence-corrected chi connectivity index (χ1v) is 7.70. The number of benzene rings is 1. The van der Waals surface area contributed by atoms with Gasteiger partial charge in [-0.2, -0.15) is 0 Å². The number of hydrogen-bond donors (Lipinski definition) is 3. The molecule has 2 rings (SSSR count). The smallest absolute Gasteiger partial charge is 0.326 e. The molecule has 1 aromatic heterocycles. The first kappa shape index (κ1) is 17.5. The molecule has 1 aromatic carbocycles. The minimum atomic E-state index is -1.10. The molecule has 128 valence electrons. The number of aryl methyl sites for hydroxylation is 1. The van der Waals surface area contributed by atoms with Gasteiger partial charge in [-0.1, -0.05) is 31.5 Å². The van der Waals surface area contributed by atoms with Gasteiger partial charge in [0.05, 0.1) is 5.69 Å². The molecule has 2 aromatic rings. The van der Waals surface area contributed by atoms with Gasteiger partial charge in [0.25, 0.3) is 11.5 Å². The number of aromatic nitrogens is 2. The molecule has 0 aliphatic rings. The SMILES string of the molecule is Cc1ccc(-n2[nH]c(C(=O)N[C@H](CC(C)C)C(=O)O)cc2=O)cc1. The van der Waals surface area contributed by atoms with Crippen LogP contribution in [0.5, 0.6) is 0 Å². The molecule has 1 atom stereocenters. The van der Waals surface area contributed by atoms with Crippen LogP contribution < -0.4 is 10.9 Å². The molecule has 0 unspecified atom stereocenters. The summed E-state index contributed by atoms with van der Waals surface area (Å²) >= 11 is 0. The second kappa shape index (κ2) is 7.16. The van der Waals surface area contributed by atoms with Gasteiger partial charge in [-0.15, -0.1) is 0 Å². The lowest BCUT2D eigenvalue weighted by atomic mass is 10.0. The molecule has 7 nitrogen and oxygen atoms in total. The highest BCUT2D eigenvalue weighted by atomic mass is 16.4. The van der Waals surface area contributed by atoms with E-state index in [0.29, 0.717) is 12.1 Å². The third kappa shape index (κ3) is 4.13. The summed E-state index contributed by atoms with van der Waals surface area (Å²) in [6.45, 7) is 5.68. The highest BCUT2D eigenvalue weighted by Crippen LogP contribution is 2.08. The van der Waals surface area contributed by atoms with E-state index < -0.39 is 17.9 Å². The van der Waals surface area contributed by atoms with Crippen LogP contribution in [0.2, 0.25) is 0 Å². The normalized spacial score (nSPS) is 12.2. The number of carbonyl (C=O) groups excluding carboxylic acids is 1. The summed E-state index contributed by atoms with van der Waals surface area (Å²) in [6.07, 6.45) is 0.310. The Morgan fingerprint density at radius 3 is 2.42 bits per heavy atom. The number of carboxylic acid groups (broad SMARTS) is 1. The van der Waals surface area contributed by atoms with E-state index in [1.54, 1.807) is 12.1 Å². The van der Waals surface area contributed by atoms with Crippen LogP contribution in [0.1, 0.15) is 36.3 Å². The Balaban J connectivity index is 2.22. The van der Waals surface area contributed by atoms with Gasteiger partial charge in [-0.25, -0.2) is 9.48 Å². The van der Waals surface area contributed by atoms with Crippen molar-refractivity contribution >= 4 is 11.9 Å². The van der Waals surface area contributed by atoms with E-state index >= 15 is 0 Å². The first-order valence-electron chi connectivity index (χ1n) is 7.70. The van der Waals surface area contributed by atoms with E-state index in [9.17, 15) is 19.5 Å². The van der Waals surface area contributed by atoms with E-state index in [4.69, 9.17) is 0 Å². The van der Waals surface area contributed by atoms with E-state index in [2.05, 4.69) is 10.4 Å². The lowest BCUT2D eigenvalue weighted by molar-refractivity contribution is -0.139. The number of aromatic amines is 1. The number of aliphatic carboxylic acids is 1. The van der Waals surface area contributed by atoms with Crippen LogP contribution in [0.15, 0.2) is 35.1 Å². The zero-order valence-corrected chi connectivity index (χ0v) is 13.9. The first-order chi connectivity index (χ1) is 11.3. The van der Waals surface area contributed by atoms with Crippen LogP contribution in [-0.2, 0) is 4.79 Å². The Kier molecular flexibility index (Phi) is 5.23. The van der Waals surface area contributed by atoms with Crippen molar-refractivity contribution < 1.29 is 14.7 Å². The number of amides is 1. The Morgan fingerprint density at radius 1 is 1.25 bits per heavy atom. The van der Waals surface area contributed by atoms with Gasteiger partial charge in [-0.05, 0) is 31.4 Å². The molecular weight excluding hydrogens is 310 g/mol. The van der Waals surface area contributed by atoms with Crippen molar-refractivity contribution in [1.29, 1.82) is 0 Å². The Bertz CT molecular complexity index is 787. The molecule has 7 heteroatoms. The molecule has 0 aliphatic carbocycles. The minimum Gasteiger partial charge on any atom is -0.480 e. The van der Waals surface area contributed by atoms with Crippen molar-refractivity contribution in [2.75, 3.05) is 0 Å². The molecule has 0 spiro atoms. The molecule has 0 radical (unpaired) electrons. The average molecular weight is 331 g/mol. The van der Waals surface area contributed by atoms with Crippen molar-refractivity contribution in [1.82, 2.24) is 15.1 Å². The van der Waals surface area contributed by atoms with Crippen molar-refractivity contribution in [2.45, 2.75) is 33.2 Å². The largest absolute Gasteiger partial charge is 0.480 e. The zero-order chi connectivity index (χ0) is 17.9. The summed E-state index contributed by atoms with van der Waals surface area (Å²) in [5.41, 5.74) is 1.28. The van der Waals surface area contributed by atoms with Gasteiger partial charge in [0.15, 0.2) is 0 Å². The Morgan fingerprint density at radius 2 is 1.88 bits per heavy atom. The summed E-state index contributed by atoms with van der Waals surface area (Å²) in [7, 11) is 0. The predicted octanol–water partition coefficient (Wildman–Crippen LogP) is 1.70. The number of carbonyl (C=O) groups is 2. The van der Waals surface area contributed by atoms with E-state index in [-0.39, 0.29) is 17.2 Å². The maximum Gasteiger partial charge on any atom is 0.326 e. The maximum atomic E-state index is 12.2. The van der Waals surface area contributed by atoms with Crippen LogP contribution in [0.4, 0.5) is 0 Å². The van der Waals surface area contributed by atoms with Gasteiger partial charge < -0.3 is 10.4 Å². The fraction of sp³-hybridized carbons (Fsp3) is 0.353. The molecule has 0 aliphatic heterocycles. The highest BCUT2D eigenvalue weighted by molar-refractivity contribution is 5.94. The van der Waals surface area contributed by atoms with E-state index in [0.717, 1.165) is 11.6 Å². The van der Waals surface area contributed by atoms with Crippen LogP contribution in [0.3, 0.4) is 0 Å². The van der Waals surface area contributed by atoms with Gasteiger partial charge in [0.1, 0.15) is 11.7 Å². The van der Waals surface area contributed by atoms with Gasteiger partial charge in [-0.3, -0.25) is 14.7 Å². The number of H-pyrrole nitrogens is 1. The fourth-order valence-electron chi connectivity index (χ4n) is 2.33. The summed E-state index contributed by atoms with van der Waals surface area (Å²) in [6, 6.07) is 7.38. The van der Waals surface area contributed by atoms with E-state index in [1.807, 2.05) is 32.9 Å². The predicted molar refractivity (Wildman–Crippen MR) is 89.5 cm³/mol. The molecule has 0 saturated carbocycles. The summed E-state index contributed by atoms with van der Waals surface area (Å²) in [4.78, 5) is 35.5. The van der Waals surface area contributed by atoms with Gasteiger partial charge >= 0.3 is 5.97 Å². The van der Waals surface area contributed by atoms with Crippen molar-refractivity contribution in [3.63, 3.8) is 0 Å². The van der Waals surface area contributed by atoms with Crippen molar-refractivity contribution in [3.8, 4) is 5.69 Å². The zero-order valence-electron chi connectivity index (χ0n) is 13.9. The van der Waals surface area contributed by atoms with Gasteiger partial charge in [0, 0.05) is 6.07 Å². The minimum absolute atomic E-state index is 0.0237. The van der Waals surface area contributed by atoms with Crippen molar-refractivity contribution in [3.05, 3.63) is 51.9 Å². The molecule has 24 heavy (non-hydrogen) atoms.